The van der Waals surface area contributed by atoms with Gasteiger partial charge in [0.2, 0.25) is 10.0 Å². The summed E-state index contributed by atoms with van der Waals surface area (Å²) >= 11 is 5.76. The first kappa shape index (κ1) is 10.7. The summed E-state index contributed by atoms with van der Waals surface area (Å²) in [4.78, 5) is -0.0150. The van der Waals surface area contributed by atoms with Gasteiger partial charge in [-0.05, 0) is 25.0 Å². The Bertz CT molecular complexity index is 482. The van der Waals surface area contributed by atoms with Gasteiger partial charge in [0.25, 0.3) is 0 Å². The second-order valence-corrected chi connectivity index (χ2v) is 5.42. The highest BCUT2D eigenvalue weighted by atomic mass is 35.5. The average molecular weight is 248 g/mol. The number of halogens is 1. The van der Waals surface area contributed by atoms with Gasteiger partial charge in [0.1, 0.15) is 10.6 Å². The van der Waals surface area contributed by atoms with Crippen LogP contribution < -0.4 is 9.88 Å². The maximum atomic E-state index is 11.2. The molecular weight excluding hydrogens is 238 g/mol. The van der Waals surface area contributed by atoms with E-state index in [4.69, 9.17) is 21.5 Å². The lowest BCUT2D eigenvalue weighted by atomic mass is 10.3. The molecule has 6 heteroatoms. The highest BCUT2D eigenvalue weighted by Gasteiger charge is 2.26. The van der Waals surface area contributed by atoms with E-state index in [0.29, 0.717) is 5.02 Å². The van der Waals surface area contributed by atoms with Crippen molar-refractivity contribution in [3.63, 3.8) is 0 Å². The van der Waals surface area contributed by atoms with Crippen LogP contribution in [-0.2, 0) is 10.0 Å². The molecule has 0 saturated heterocycles. The molecule has 0 bridgehead atoms. The standard InChI is InChI=1S/C9H10ClNO3S/c10-6-1-4-9(15(11,12)13)8(5-6)14-7-2-3-7/h1,4-5,7H,2-3H2,(H2,11,12,13). The van der Waals surface area contributed by atoms with Crippen molar-refractivity contribution in [2.75, 3.05) is 0 Å². The van der Waals surface area contributed by atoms with Crippen molar-refractivity contribution in [3.05, 3.63) is 23.2 Å². The number of hydrogen-bond acceptors (Lipinski definition) is 3. The fourth-order valence-electron chi connectivity index (χ4n) is 1.17. The van der Waals surface area contributed by atoms with Gasteiger partial charge in [0.15, 0.2) is 0 Å². The van der Waals surface area contributed by atoms with Crippen LogP contribution in [0.4, 0.5) is 0 Å². The van der Waals surface area contributed by atoms with Crippen LogP contribution in [0, 0.1) is 0 Å². The topological polar surface area (TPSA) is 69.4 Å². The predicted octanol–water partition coefficient (Wildman–Crippen LogP) is 1.53. The van der Waals surface area contributed by atoms with E-state index in [2.05, 4.69) is 0 Å². The molecule has 15 heavy (non-hydrogen) atoms. The number of sulfonamides is 1. The van der Waals surface area contributed by atoms with Gasteiger partial charge in [-0.2, -0.15) is 0 Å². The van der Waals surface area contributed by atoms with Crippen molar-refractivity contribution in [2.45, 2.75) is 23.8 Å². The monoisotopic (exact) mass is 247 g/mol. The summed E-state index contributed by atoms with van der Waals surface area (Å²) in [5, 5.41) is 5.48. The number of benzene rings is 1. The zero-order chi connectivity index (χ0) is 11.1. The van der Waals surface area contributed by atoms with Crippen LogP contribution in [-0.4, -0.2) is 14.5 Å². The fraction of sp³-hybridized carbons (Fsp3) is 0.333. The Kier molecular flexibility index (Phi) is 2.62. The highest BCUT2D eigenvalue weighted by molar-refractivity contribution is 7.89. The van der Waals surface area contributed by atoms with Gasteiger partial charge in [0.05, 0.1) is 6.10 Å². The van der Waals surface area contributed by atoms with E-state index in [0.717, 1.165) is 12.8 Å². The third-order valence-corrected chi connectivity index (χ3v) is 3.22. The number of ether oxygens (including phenoxy) is 1. The summed E-state index contributed by atoms with van der Waals surface area (Å²) in [7, 11) is -3.75. The van der Waals surface area contributed by atoms with Crippen LogP contribution in [0.25, 0.3) is 0 Å². The van der Waals surface area contributed by atoms with Gasteiger partial charge in [-0.3, -0.25) is 0 Å². The molecule has 0 spiro atoms. The van der Waals surface area contributed by atoms with E-state index in [1.54, 1.807) is 0 Å². The smallest absolute Gasteiger partial charge is 0.241 e. The minimum absolute atomic E-state index is 0.0150. The Balaban J connectivity index is 2.43. The Labute approximate surface area is 93.0 Å². The molecule has 0 atom stereocenters. The van der Waals surface area contributed by atoms with Crippen LogP contribution in [0.1, 0.15) is 12.8 Å². The molecule has 1 aliphatic carbocycles. The molecule has 0 amide bonds. The molecule has 1 aliphatic rings. The van der Waals surface area contributed by atoms with E-state index in [1.165, 1.54) is 18.2 Å². The minimum atomic E-state index is -3.75. The number of nitrogens with two attached hydrogens (primary N) is 1. The molecule has 0 unspecified atom stereocenters. The second kappa shape index (κ2) is 3.66. The quantitative estimate of drug-likeness (QED) is 0.881. The predicted molar refractivity (Wildman–Crippen MR) is 56.5 cm³/mol. The minimum Gasteiger partial charge on any atom is -0.489 e. The van der Waals surface area contributed by atoms with Crippen LogP contribution in [0.15, 0.2) is 23.1 Å². The lowest BCUT2D eigenvalue weighted by molar-refractivity contribution is 0.295. The molecule has 1 fully saturated rings. The molecule has 2 rings (SSSR count). The molecule has 4 nitrogen and oxygen atoms in total. The van der Waals surface area contributed by atoms with E-state index < -0.39 is 10.0 Å². The van der Waals surface area contributed by atoms with Gasteiger partial charge in [-0.15, -0.1) is 0 Å². The molecule has 82 valence electrons. The zero-order valence-corrected chi connectivity index (χ0v) is 9.38. The van der Waals surface area contributed by atoms with Crippen molar-refractivity contribution in [3.8, 4) is 5.75 Å². The maximum absolute atomic E-state index is 11.2. The molecule has 0 aromatic heterocycles. The first-order chi connectivity index (χ1) is 6.97. The summed E-state index contributed by atoms with van der Waals surface area (Å²) in [6, 6.07) is 4.30. The van der Waals surface area contributed by atoms with Gasteiger partial charge in [-0.25, -0.2) is 13.6 Å². The summed E-state index contributed by atoms with van der Waals surface area (Å²) in [6.07, 6.45) is 1.98. The Morgan fingerprint density at radius 3 is 2.60 bits per heavy atom. The van der Waals surface area contributed by atoms with E-state index in [-0.39, 0.29) is 16.7 Å². The Morgan fingerprint density at radius 1 is 1.40 bits per heavy atom. The summed E-state index contributed by atoms with van der Waals surface area (Å²) in [5.74, 6) is 0.243. The first-order valence-electron chi connectivity index (χ1n) is 4.46. The lowest BCUT2D eigenvalue weighted by Gasteiger charge is -2.09. The van der Waals surface area contributed by atoms with Crippen molar-refractivity contribution < 1.29 is 13.2 Å². The van der Waals surface area contributed by atoms with Crippen molar-refractivity contribution in [2.24, 2.45) is 5.14 Å². The largest absolute Gasteiger partial charge is 0.489 e. The van der Waals surface area contributed by atoms with E-state index in [1.807, 2.05) is 0 Å². The first-order valence-corrected chi connectivity index (χ1v) is 6.38. The molecule has 1 saturated carbocycles. The molecule has 0 radical (unpaired) electrons. The zero-order valence-electron chi connectivity index (χ0n) is 7.81. The third kappa shape index (κ3) is 2.62. The molecule has 0 heterocycles. The average Bonchev–Trinajstić information content (AvgIpc) is 2.85. The van der Waals surface area contributed by atoms with Crippen molar-refractivity contribution >= 4 is 21.6 Å². The number of primary sulfonamides is 1. The summed E-state index contributed by atoms with van der Waals surface area (Å²) in [6.45, 7) is 0. The summed E-state index contributed by atoms with van der Waals surface area (Å²) in [5.41, 5.74) is 0. The molecule has 1 aromatic rings. The molecule has 1 aromatic carbocycles. The van der Waals surface area contributed by atoms with E-state index in [9.17, 15) is 8.42 Å². The van der Waals surface area contributed by atoms with Gasteiger partial charge < -0.3 is 4.74 Å². The van der Waals surface area contributed by atoms with E-state index >= 15 is 0 Å². The number of hydrogen-bond donors (Lipinski definition) is 1. The maximum Gasteiger partial charge on any atom is 0.241 e. The molecular formula is C9H10ClNO3S. The van der Waals surface area contributed by atoms with Gasteiger partial charge in [0, 0.05) is 11.1 Å². The lowest BCUT2D eigenvalue weighted by Crippen LogP contribution is -2.14. The molecule has 2 N–H and O–H groups in total. The summed E-state index contributed by atoms with van der Waals surface area (Å²) < 4.78 is 27.9. The number of rotatable bonds is 3. The highest BCUT2D eigenvalue weighted by Crippen LogP contribution is 2.32. The van der Waals surface area contributed by atoms with Gasteiger partial charge in [-0.1, -0.05) is 11.6 Å². The third-order valence-electron chi connectivity index (χ3n) is 2.03. The second-order valence-electron chi connectivity index (χ2n) is 3.45. The Morgan fingerprint density at radius 2 is 2.07 bits per heavy atom. The van der Waals surface area contributed by atoms with Gasteiger partial charge >= 0.3 is 0 Å². The fourth-order valence-corrected chi connectivity index (χ4v) is 1.98. The SMILES string of the molecule is NS(=O)(=O)c1ccc(Cl)cc1OC1CC1. The van der Waals surface area contributed by atoms with Crippen LogP contribution in [0.5, 0.6) is 5.75 Å². The van der Waals surface area contributed by atoms with Crippen molar-refractivity contribution in [1.82, 2.24) is 0 Å². The van der Waals surface area contributed by atoms with Crippen LogP contribution in [0.2, 0.25) is 5.02 Å². The van der Waals surface area contributed by atoms with Crippen molar-refractivity contribution in [1.29, 1.82) is 0 Å². The normalized spacial score (nSPS) is 16.4. The van der Waals surface area contributed by atoms with Crippen LogP contribution in [0.3, 0.4) is 0 Å². The van der Waals surface area contributed by atoms with Crippen LogP contribution >= 0.6 is 11.6 Å². The Hall–Kier alpha value is -0.780. The molecule has 0 aliphatic heterocycles.